The van der Waals surface area contributed by atoms with Crippen molar-refractivity contribution in [2.24, 2.45) is 5.92 Å². The van der Waals surface area contributed by atoms with E-state index in [2.05, 4.69) is 20.0 Å². The van der Waals surface area contributed by atoms with Gasteiger partial charge in [-0.25, -0.2) is 23.2 Å². The number of carbonyl (C=O) groups excluding carboxylic acids is 1. The Hall–Kier alpha value is -3.49. The maximum Gasteiger partial charge on any atom is 0.573 e. The van der Waals surface area contributed by atoms with E-state index >= 15 is 0 Å². The summed E-state index contributed by atoms with van der Waals surface area (Å²) in [7, 11) is -2.57. The average Bonchev–Trinajstić information content (AvgIpc) is 2.90. The number of rotatable bonds is 9. The number of piperazine rings is 1. The van der Waals surface area contributed by atoms with Gasteiger partial charge in [-0.1, -0.05) is 26.0 Å². The number of esters is 1. The number of ether oxygens (including phenoxy) is 2. The second-order valence-electron chi connectivity index (χ2n) is 9.59. The molecule has 3 aromatic rings. The number of sulfonamides is 1. The minimum atomic E-state index is -4.86. The fraction of sp³-hybridized carbons (Fsp3) is 0.423. The predicted molar refractivity (Wildman–Crippen MR) is 141 cm³/mol. The fourth-order valence-corrected chi connectivity index (χ4v) is 5.79. The van der Waals surface area contributed by atoms with Crippen molar-refractivity contribution < 1.29 is 35.9 Å². The Labute approximate surface area is 230 Å². The highest BCUT2D eigenvalue weighted by atomic mass is 32.2. The highest BCUT2D eigenvalue weighted by Crippen LogP contribution is 2.26. The molecule has 40 heavy (non-hydrogen) atoms. The molecular formula is C26H30F3N5O5S. The Morgan fingerprint density at radius 1 is 1.02 bits per heavy atom. The third-order valence-electron chi connectivity index (χ3n) is 6.45. The number of carbonyl (C=O) groups is 1. The van der Waals surface area contributed by atoms with Gasteiger partial charge < -0.3 is 14.8 Å². The Morgan fingerprint density at radius 2 is 1.68 bits per heavy atom. The van der Waals surface area contributed by atoms with Gasteiger partial charge in [-0.3, -0.25) is 4.90 Å². The van der Waals surface area contributed by atoms with E-state index in [1.807, 2.05) is 43.0 Å². The number of benzene rings is 2. The summed E-state index contributed by atoms with van der Waals surface area (Å²) in [6.45, 7) is 5.29. The summed E-state index contributed by atoms with van der Waals surface area (Å²) in [6.07, 6.45) is -4.86. The van der Waals surface area contributed by atoms with Gasteiger partial charge in [0.1, 0.15) is 23.4 Å². The lowest BCUT2D eigenvalue weighted by molar-refractivity contribution is -0.274. The van der Waals surface area contributed by atoms with Crippen molar-refractivity contribution in [2.75, 3.05) is 38.6 Å². The lowest BCUT2D eigenvalue weighted by Crippen LogP contribution is -2.48. The van der Waals surface area contributed by atoms with Crippen LogP contribution in [0.1, 0.15) is 19.7 Å². The molecule has 1 saturated heterocycles. The smallest absolute Gasteiger partial charge is 0.467 e. The van der Waals surface area contributed by atoms with Gasteiger partial charge in [-0.15, -0.1) is 13.2 Å². The molecule has 1 N–H and O–H groups in total. The summed E-state index contributed by atoms with van der Waals surface area (Å²) in [6, 6.07) is 11.0. The summed E-state index contributed by atoms with van der Waals surface area (Å²) in [5.74, 6) is 0.0490. The number of aromatic nitrogens is 2. The van der Waals surface area contributed by atoms with E-state index in [0.717, 1.165) is 29.7 Å². The van der Waals surface area contributed by atoms with Crippen LogP contribution < -0.4 is 10.1 Å². The number of alkyl halides is 3. The largest absolute Gasteiger partial charge is 0.573 e. The zero-order valence-electron chi connectivity index (χ0n) is 22.2. The molecule has 0 aliphatic carbocycles. The van der Waals surface area contributed by atoms with Crippen LogP contribution in [0.5, 0.6) is 5.75 Å². The first kappa shape index (κ1) is 29.5. The summed E-state index contributed by atoms with van der Waals surface area (Å²) in [5.41, 5.74) is 0.696. The number of para-hydroxylation sites is 1. The Morgan fingerprint density at radius 3 is 2.27 bits per heavy atom. The highest BCUT2D eigenvalue weighted by Gasteiger charge is 2.32. The van der Waals surface area contributed by atoms with Crippen LogP contribution in [0.25, 0.3) is 10.9 Å². The van der Waals surface area contributed by atoms with Crippen LogP contribution in [0.4, 0.5) is 19.0 Å². The molecule has 2 heterocycles. The minimum absolute atomic E-state index is 0.0620. The second-order valence-corrected chi connectivity index (χ2v) is 11.5. The van der Waals surface area contributed by atoms with Crippen LogP contribution >= 0.6 is 0 Å². The molecule has 14 heteroatoms. The molecule has 2 aromatic carbocycles. The summed E-state index contributed by atoms with van der Waals surface area (Å²) < 4.78 is 73.4. The van der Waals surface area contributed by atoms with Crippen LogP contribution in [-0.4, -0.2) is 79.3 Å². The van der Waals surface area contributed by atoms with E-state index in [1.54, 1.807) is 0 Å². The molecule has 1 aliphatic heterocycles. The monoisotopic (exact) mass is 581 g/mol. The lowest BCUT2D eigenvalue weighted by Gasteiger charge is -2.33. The van der Waals surface area contributed by atoms with Crippen molar-refractivity contribution in [1.82, 2.24) is 19.2 Å². The van der Waals surface area contributed by atoms with E-state index in [1.165, 1.54) is 11.4 Å². The fourth-order valence-electron chi connectivity index (χ4n) is 4.37. The quantitative estimate of drug-likeness (QED) is 0.379. The number of fused-ring (bicyclic) bond motifs is 1. The van der Waals surface area contributed by atoms with E-state index < -0.39 is 34.1 Å². The van der Waals surface area contributed by atoms with Crippen molar-refractivity contribution in [1.29, 1.82) is 0 Å². The number of halogens is 3. The molecule has 216 valence electrons. The maximum atomic E-state index is 13.1. The summed E-state index contributed by atoms with van der Waals surface area (Å²) in [5, 5.41) is 3.96. The van der Waals surface area contributed by atoms with E-state index in [0.29, 0.717) is 36.8 Å². The number of nitrogens with one attached hydrogen (secondary N) is 1. The molecule has 1 fully saturated rings. The standard InChI is InChI=1S/C26H30F3N5O5S/c1-17(2)23(25(35)38-3)32-24-20-6-4-5-7-21(20)30-22(31-24)16-33-12-14-34(15-13-33)40(36,37)19-10-8-18(9-11-19)39-26(27,28)29/h4-11,17,23H,12-16H2,1-3H3,(H,30,31,32)/t23-/m0/s1. The number of hydrogen-bond donors (Lipinski definition) is 1. The highest BCUT2D eigenvalue weighted by molar-refractivity contribution is 7.89. The number of anilines is 1. The molecule has 0 saturated carbocycles. The number of nitrogens with zero attached hydrogens (tertiary/aromatic N) is 4. The third kappa shape index (κ3) is 6.98. The number of hydrogen-bond acceptors (Lipinski definition) is 9. The van der Waals surface area contributed by atoms with Gasteiger partial charge in [-0.2, -0.15) is 4.31 Å². The van der Waals surface area contributed by atoms with Crippen LogP contribution in [-0.2, 0) is 26.1 Å². The summed E-state index contributed by atoms with van der Waals surface area (Å²) in [4.78, 5) is 23.6. The van der Waals surface area contributed by atoms with Gasteiger partial charge in [0.2, 0.25) is 10.0 Å². The first-order valence-electron chi connectivity index (χ1n) is 12.6. The topological polar surface area (TPSA) is 114 Å². The van der Waals surface area contributed by atoms with Crippen molar-refractivity contribution >= 4 is 32.7 Å². The van der Waals surface area contributed by atoms with E-state index in [9.17, 15) is 26.4 Å². The third-order valence-corrected chi connectivity index (χ3v) is 8.37. The molecule has 0 radical (unpaired) electrons. The molecule has 1 aliphatic rings. The molecule has 10 nitrogen and oxygen atoms in total. The minimum Gasteiger partial charge on any atom is -0.467 e. The summed E-state index contributed by atoms with van der Waals surface area (Å²) >= 11 is 0. The van der Waals surface area contributed by atoms with Gasteiger partial charge >= 0.3 is 12.3 Å². The Kier molecular flexibility index (Phi) is 8.80. The zero-order valence-corrected chi connectivity index (χ0v) is 23.0. The molecule has 4 rings (SSSR count). The first-order chi connectivity index (χ1) is 18.9. The molecule has 0 unspecified atom stereocenters. The zero-order chi connectivity index (χ0) is 29.1. The molecule has 1 atom stereocenters. The molecule has 1 aromatic heterocycles. The maximum absolute atomic E-state index is 13.1. The van der Waals surface area contributed by atoms with Gasteiger partial charge in [-0.05, 0) is 42.3 Å². The van der Waals surface area contributed by atoms with Gasteiger partial charge in [0, 0.05) is 31.6 Å². The number of methoxy groups -OCH3 is 1. The average molecular weight is 582 g/mol. The normalized spacial score (nSPS) is 16.2. The van der Waals surface area contributed by atoms with Crippen molar-refractivity contribution in [3.05, 3.63) is 54.4 Å². The second kappa shape index (κ2) is 11.9. The van der Waals surface area contributed by atoms with Gasteiger partial charge in [0.05, 0.1) is 24.1 Å². The first-order valence-corrected chi connectivity index (χ1v) is 14.0. The molecule has 0 spiro atoms. The van der Waals surface area contributed by atoms with Crippen molar-refractivity contribution in [2.45, 2.75) is 37.7 Å². The Balaban J connectivity index is 1.45. The van der Waals surface area contributed by atoms with Crippen molar-refractivity contribution in [3.63, 3.8) is 0 Å². The van der Waals surface area contributed by atoms with Gasteiger partial charge in [0.15, 0.2) is 0 Å². The van der Waals surface area contributed by atoms with Crippen LogP contribution in [0.3, 0.4) is 0 Å². The molecule has 0 amide bonds. The molecular weight excluding hydrogens is 551 g/mol. The van der Waals surface area contributed by atoms with Crippen LogP contribution in [0, 0.1) is 5.92 Å². The van der Waals surface area contributed by atoms with Crippen LogP contribution in [0.15, 0.2) is 53.4 Å². The molecule has 0 bridgehead atoms. The lowest BCUT2D eigenvalue weighted by atomic mass is 10.0. The van der Waals surface area contributed by atoms with E-state index in [4.69, 9.17) is 4.74 Å². The van der Waals surface area contributed by atoms with E-state index in [-0.39, 0.29) is 23.9 Å². The SMILES string of the molecule is COC(=O)[C@@H](Nc1nc(CN2CCN(S(=O)(=O)c3ccc(OC(F)(F)F)cc3)CC2)nc2ccccc12)C(C)C. The van der Waals surface area contributed by atoms with Crippen LogP contribution in [0.2, 0.25) is 0 Å². The predicted octanol–water partition coefficient (Wildman–Crippen LogP) is 3.64. The van der Waals surface area contributed by atoms with Gasteiger partial charge in [0.25, 0.3) is 0 Å². The van der Waals surface area contributed by atoms with Crippen molar-refractivity contribution in [3.8, 4) is 5.75 Å². The Bertz CT molecular complexity index is 1440.